The summed E-state index contributed by atoms with van der Waals surface area (Å²) in [6.07, 6.45) is 3.87. The molecule has 0 aliphatic rings. The van der Waals surface area contributed by atoms with Gasteiger partial charge >= 0.3 is 118 Å². The van der Waals surface area contributed by atoms with Crippen molar-refractivity contribution in [3.63, 3.8) is 0 Å². The molecular formula is C10H14N5O5P. The molecule has 2 rings (SSSR count). The molecule has 0 saturated heterocycles. The van der Waals surface area contributed by atoms with Crippen molar-refractivity contribution in [1.82, 2.24) is 9.55 Å². The molecule has 0 radical (unpaired) electrons. The number of hydrogen-bond donors (Lipinski definition) is 5. The first-order valence-electron chi connectivity index (χ1n) is 5.75. The number of nitrogen functional groups attached to an aromatic ring is 1. The summed E-state index contributed by atoms with van der Waals surface area (Å²) in [6.45, 7) is 0. The van der Waals surface area contributed by atoms with E-state index in [1.807, 2.05) is 0 Å². The number of rotatable bonds is 5. The van der Waals surface area contributed by atoms with Crippen LogP contribution in [-0.4, -0.2) is 35.4 Å². The number of hydrogen-bond acceptors (Lipinski definition) is 8. The number of nitrogens with one attached hydrogen (secondary N) is 1. The summed E-state index contributed by atoms with van der Waals surface area (Å²) in [5.74, 6) is 0. The van der Waals surface area contributed by atoms with Gasteiger partial charge in [-0.3, -0.25) is 0 Å². The van der Waals surface area contributed by atoms with Crippen molar-refractivity contribution in [3.8, 4) is 5.69 Å². The Morgan fingerprint density at radius 2 is 2.14 bits per heavy atom. The second-order valence-corrected chi connectivity index (χ2v) is 6.19. The van der Waals surface area contributed by atoms with Crippen LogP contribution in [0.3, 0.4) is 0 Å². The monoisotopic (exact) mass is 315 g/mol. The first-order chi connectivity index (χ1) is 9.78. The van der Waals surface area contributed by atoms with Gasteiger partial charge in [0.05, 0.1) is 0 Å². The Bertz CT molecular complexity index is 655. The maximum absolute atomic E-state index is 11.1. The van der Waals surface area contributed by atoms with Gasteiger partial charge in [0.25, 0.3) is 0 Å². The van der Waals surface area contributed by atoms with Crippen molar-refractivity contribution in [2.45, 2.75) is 0 Å². The van der Waals surface area contributed by atoms with E-state index in [9.17, 15) is 10.1 Å². The molecule has 6 N–H and O–H groups in total. The van der Waals surface area contributed by atoms with E-state index in [-0.39, 0.29) is 22.7 Å². The van der Waals surface area contributed by atoms with Crippen molar-refractivity contribution in [2.24, 2.45) is 0 Å². The van der Waals surface area contributed by atoms with Crippen LogP contribution in [0.5, 0.6) is 0 Å². The number of nitro benzene ring substituents is 1. The summed E-state index contributed by atoms with van der Waals surface area (Å²) >= 11 is 0. The average molecular weight is 315 g/mol. The summed E-state index contributed by atoms with van der Waals surface area (Å²) in [6, 6.07) is 2.52. The average Bonchev–Trinajstić information content (AvgIpc) is 2.89. The molecule has 0 atom stereocenters. The third-order valence-corrected chi connectivity index (χ3v) is 3.29. The van der Waals surface area contributed by atoms with Gasteiger partial charge in [0, 0.05) is 0 Å². The van der Waals surface area contributed by atoms with E-state index >= 15 is 0 Å². The molecule has 1 heterocycles. The zero-order valence-electron chi connectivity index (χ0n) is 10.7. The minimum atomic E-state index is -4.30. The Morgan fingerprint density at radius 3 is 2.67 bits per heavy atom. The second-order valence-electron chi connectivity index (χ2n) is 4.28. The van der Waals surface area contributed by atoms with E-state index in [4.69, 9.17) is 20.4 Å². The van der Waals surface area contributed by atoms with Crippen LogP contribution in [0, 0.1) is 10.1 Å². The van der Waals surface area contributed by atoms with E-state index in [1.54, 1.807) is 0 Å². The van der Waals surface area contributed by atoms with Crippen LogP contribution >= 0.6 is 7.94 Å². The Kier molecular flexibility index (Phi) is 4.05. The number of aromatic nitrogens is 2. The molecule has 0 bridgehead atoms. The number of nitro groups is 1. The minimum absolute atomic E-state index is 0.0452. The Hall–Kier alpha value is -2.26. The summed E-state index contributed by atoms with van der Waals surface area (Å²) in [5.41, 5.74) is 5.95. The van der Waals surface area contributed by atoms with Gasteiger partial charge in [0.15, 0.2) is 0 Å². The van der Waals surface area contributed by atoms with Crippen molar-refractivity contribution in [1.29, 1.82) is 0 Å². The normalized spacial score (nSPS) is 12.1. The summed E-state index contributed by atoms with van der Waals surface area (Å²) in [4.78, 5) is 41.3. The molecule has 21 heavy (non-hydrogen) atoms. The van der Waals surface area contributed by atoms with Crippen LogP contribution in [0.25, 0.3) is 5.69 Å². The van der Waals surface area contributed by atoms with Gasteiger partial charge in [0.1, 0.15) is 0 Å². The fraction of sp³-hybridized carbons (Fsp3) is 0.100. The molecule has 0 spiro atoms. The molecule has 114 valence electrons. The quantitative estimate of drug-likeness (QED) is 0.226. The van der Waals surface area contributed by atoms with E-state index in [2.05, 4.69) is 10.3 Å². The van der Waals surface area contributed by atoms with E-state index in [0.717, 1.165) is 6.07 Å². The van der Waals surface area contributed by atoms with Crippen molar-refractivity contribution in [2.75, 3.05) is 17.3 Å². The molecule has 0 aliphatic heterocycles. The molecule has 1 aromatic carbocycles. The van der Waals surface area contributed by atoms with Gasteiger partial charge in [-0.2, -0.15) is 0 Å². The van der Waals surface area contributed by atoms with Gasteiger partial charge in [-0.15, -0.1) is 0 Å². The molecular weight excluding hydrogens is 301 g/mol. The van der Waals surface area contributed by atoms with Crippen LogP contribution in [0.2, 0.25) is 0 Å². The van der Waals surface area contributed by atoms with Gasteiger partial charge in [-0.25, -0.2) is 0 Å². The third kappa shape index (κ3) is 3.64. The predicted octanol–water partition coefficient (Wildman–Crippen LogP) is 0.204. The molecule has 1 aromatic heterocycles. The summed E-state index contributed by atoms with van der Waals surface area (Å²) < 4.78 is 1.42. The molecule has 0 saturated carbocycles. The zero-order chi connectivity index (χ0) is 15.6. The third-order valence-electron chi connectivity index (χ3n) is 2.64. The Balaban J connectivity index is 2.44. The van der Waals surface area contributed by atoms with Crippen molar-refractivity contribution < 1.29 is 19.6 Å². The van der Waals surface area contributed by atoms with Crippen LogP contribution < -0.4 is 11.1 Å². The van der Waals surface area contributed by atoms with Gasteiger partial charge in [-0.05, 0) is 0 Å². The van der Waals surface area contributed by atoms with Gasteiger partial charge in [-0.1, -0.05) is 0 Å². The molecule has 0 amide bonds. The first kappa shape index (κ1) is 15.1. The SMILES string of the molecule is Nc1cc([N+](=O)[O-])c(-n2ccnc2)cc1NC[PH](O)(O)O. The Labute approximate surface area is 119 Å². The van der Waals surface area contributed by atoms with E-state index < -0.39 is 19.2 Å². The molecule has 0 aliphatic carbocycles. The number of anilines is 2. The van der Waals surface area contributed by atoms with Gasteiger partial charge < -0.3 is 0 Å². The van der Waals surface area contributed by atoms with Crippen molar-refractivity contribution in [3.05, 3.63) is 41.0 Å². The van der Waals surface area contributed by atoms with E-state index in [1.165, 1.54) is 29.4 Å². The fourth-order valence-corrected chi connectivity index (χ4v) is 2.14. The Morgan fingerprint density at radius 1 is 1.43 bits per heavy atom. The molecule has 11 heteroatoms. The van der Waals surface area contributed by atoms with Crippen LogP contribution in [-0.2, 0) is 0 Å². The standard InChI is InChI=1S/C10H14N5O5P/c11-7-3-10(15(16)17)9(14-2-1-12-5-14)4-8(7)13-6-21(18,19)20/h1-5,13,18-21H,6,11H2. The number of imidazole rings is 1. The van der Waals surface area contributed by atoms with Crippen molar-refractivity contribution >= 4 is 25.0 Å². The first-order valence-corrected chi connectivity index (χ1v) is 7.80. The molecule has 0 fully saturated rings. The van der Waals surface area contributed by atoms with Crippen LogP contribution in [0.15, 0.2) is 30.9 Å². The summed E-state index contributed by atoms with van der Waals surface area (Å²) in [7, 11) is -4.30. The number of benzene rings is 1. The predicted molar refractivity (Wildman–Crippen MR) is 78.1 cm³/mol. The van der Waals surface area contributed by atoms with Gasteiger partial charge in [0.2, 0.25) is 0 Å². The maximum atomic E-state index is 11.1. The molecule has 10 nitrogen and oxygen atoms in total. The van der Waals surface area contributed by atoms with Crippen LogP contribution in [0.1, 0.15) is 0 Å². The molecule has 2 aromatic rings. The number of nitrogens with two attached hydrogens (primary N) is 1. The topological polar surface area (TPSA) is 160 Å². The number of nitrogens with zero attached hydrogens (tertiary/aromatic N) is 3. The van der Waals surface area contributed by atoms with E-state index in [0.29, 0.717) is 0 Å². The zero-order valence-corrected chi connectivity index (χ0v) is 11.7. The second kappa shape index (κ2) is 5.62. The summed E-state index contributed by atoms with van der Waals surface area (Å²) in [5, 5.41) is 13.6. The fourth-order valence-electron chi connectivity index (χ4n) is 1.71. The molecule has 0 unspecified atom stereocenters. The van der Waals surface area contributed by atoms with Crippen LogP contribution in [0.4, 0.5) is 17.1 Å².